The van der Waals surface area contributed by atoms with Gasteiger partial charge in [0.15, 0.2) is 16.4 Å². The van der Waals surface area contributed by atoms with Crippen LogP contribution in [0.5, 0.6) is 0 Å². The molecule has 0 spiro atoms. The fourth-order valence-corrected chi connectivity index (χ4v) is 5.11. The molecule has 148 valence electrons. The highest BCUT2D eigenvalue weighted by Crippen LogP contribution is 2.23. The van der Waals surface area contributed by atoms with Crippen LogP contribution in [-0.2, 0) is 24.2 Å². The highest BCUT2D eigenvalue weighted by molar-refractivity contribution is 8.00. The third-order valence-corrected chi connectivity index (χ3v) is 6.72. The third-order valence-electron chi connectivity index (χ3n) is 3.89. The lowest BCUT2D eigenvalue weighted by atomic mass is 10.2. The fourth-order valence-electron chi connectivity index (χ4n) is 2.42. The zero-order valence-corrected chi connectivity index (χ0v) is 16.8. The standard InChI is InChI=1S/C17H22N2O6S2/c1-19(2)16(21)10-26-14-6-4-3-5-13(14)17(22)25-9-15(20)18-12-7-8-27(23,24)11-12/h3-6,12H,7-11H2,1-2H3,(H,18,20)/t12-/m0/s1. The van der Waals surface area contributed by atoms with E-state index in [9.17, 15) is 22.8 Å². The smallest absolute Gasteiger partial charge is 0.339 e. The fraction of sp³-hybridized carbons (Fsp3) is 0.471. The Labute approximate surface area is 162 Å². The predicted molar refractivity (Wildman–Crippen MR) is 101 cm³/mol. The maximum atomic E-state index is 12.3. The molecular weight excluding hydrogens is 392 g/mol. The first-order valence-corrected chi connectivity index (χ1v) is 11.1. The molecule has 10 heteroatoms. The molecule has 1 heterocycles. The van der Waals surface area contributed by atoms with E-state index in [1.165, 1.54) is 16.7 Å². The second-order valence-electron chi connectivity index (χ2n) is 6.32. The molecule has 2 amide bonds. The van der Waals surface area contributed by atoms with E-state index >= 15 is 0 Å². The molecule has 1 aromatic carbocycles. The molecule has 0 saturated carbocycles. The first-order chi connectivity index (χ1) is 12.7. The summed E-state index contributed by atoms with van der Waals surface area (Å²) < 4.78 is 27.8. The first-order valence-electron chi connectivity index (χ1n) is 8.27. The van der Waals surface area contributed by atoms with Crippen LogP contribution in [0.25, 0.3) is 0 Å². The Kier molecular flexibility index (Phi) is 7.25. The van der Waals surface area contributed by atoms with E-state index in [-0.39, 0.29) is 28.7 Å². The van der Waals surface area contributed by atoms with Gasteiger partial charge >= 0.3 is 5.97 Å². The Morgan fingerprint density at radius 1 is 1.26 bits per heavy atom. The molecule has 27 heavy (non-hydrogen) atoms. The Morgan fingerprint density at radius 3 is 2.59 bits per heavy atom. The number of rotatable bonds is 7. The van der Waals surface area contributed by atoms with Gasteiger partial charge in [0.25, 0.3) is 5.91 Å². The first kappa shape index (κ1) is 21.2. The van der Waals surface area contributed by atoms with Gasteiger partial charge in [-0.25, -0.2) is 13.2 Å². The van der Waals surface area contributed by atoms with Gasteiger partial charge in [-0.3, -0.25) is 9.59 Å². The number of nitrogens with zero attached hydrogens (tertiary/aromatic N) is 1. The van der Waals surface area contributed by atoms with Crippen molar-refractivity contribution in [3.63, 3.8) is 0 Å². The summed E-state index contributed by atoms with van der Waals surface area (Å²) in [5.74, 6) is -1.18. The van der Waals surface area contributed by atoms with Crippen molar-refractivity contribution in [1.29, 1.82) is 0 Å². The molecule has 1 saturated heterocycles. The number of hydrogen-bond donors (Lipinski definition) is 1. The Balaban J connectivity index is 1.88. The molecular formula is C17H22N2O6S2. The molecule has 0 radical (unpaired) electrons. The average molecular weight is 415 g/mol. The molecule has 0 unspecified atom stereocenters. The number of benzene rings is 1. The van der Waals surface area contributed by atoms with E-state index in [0.717, 1.165) is 0 Å². The molecule has 8 nitrogen and oxygen atoms in total. The van der Waals surface area contributed by atoms with Crippen LogP contribution in [0.4, 0.5) is 0 Å². The molecule has 1 aromatic rings. The number of ether oxygens (including phenoxy) is 1. The van der Waals surface area contributed by atoms with Crippen molar-refractivity contribution in [1.82, 2.24) is 10.2 Å². The lowest BCUT2D eigenvalue weighted by molar-refractivity contribution is -0.126. The summed E-state index contributed by atoms with van der Waals surface area (Å²) in [6.07, 6.45) is 0.362. The second-order valence-corrected chi connectivity index (χ2v) is 9.56. The van der Waals surface area contributed by atoms with Gasteiger partial charge in [0, 0.05) is 25.0 Å². The number of amides is 2. The van der Waals surface area contributed by atoms with Crippen molar-refractivity contribution in [2.45, 2.75) is 17.4 Å². The molecule has 0 aromatic heterocycles. The lowest BCUT2D eigenvalue weighted by Crippen LogP contribution is -2.38. The summed E-state index contributed by atoms with van der Waals surface area (Å²) in [4.78, 5) is 37.9. The number of nitrogens with one attached hydrogen (secondary N) is 1. The van der Waals surface area contributed by atoms with Crippen molar-refractivity contribution in [3.05, 3.63) is 29.8 Å². The van der Waals surface area contributed by atoms with Crippen LogP contribution in [0.15, 0.2) is 29.2 Å². The van der Waals surface area contributed by atoms with Crippen LogP contribution in [0.2, 0.25) is 0 Å². The third kappa shape index (κ3) is 6.55. The van der Waals surface area contributed by atoms with Gasteiger partial charge in [-0.05, 0) is 18.6 Å². The predicted octanol–water partition coefficient (Wildman–Crippen LogP) is 0.327. The molecule has 1 fully saturated rings. The van der Waals surface area contributed by atoms with Crippen molar-refractivity contribution in [2.24, 2.45) is 0 Å². The van der Waals surface area contributed by atoms with Crippen molar-refractivity contribution < 1.29 is 27.5 Å². The number of hydrogen-bond acceptors (Lipinski definition) is 7. The average Bonchev–Trinajstić information content (AvgIpc) is 2.96. The normalized spacial score (nSPS) is 17.9. The van der Waals surface area contributed by atoms with Crippen LogP contribution in [-0.4, -0.2) is 75.1 Å². The monoisotopic (exact) mass is 414 g/mol. The van der Waals surface area contributed by atoms with E-state index in [2.05, 4.69) is 5.32 Å². The molecule has 1 aliphatic rings. The van der Waals surface area contributed by atoms with Crippen LogP contribution in [0, 0.1) is 0 Å². The Hall–Kier alpha value is -2.07. The largest absolute Gasteiger partial charge is 0.452 e. The summed E-state index contributed by atoms with van der Waals surface area (Å²) in [5, 5.41) is 2.56. The van der Waals surface area contributed by atoms with Gasteiger partial charge in [0.1, 0.15) is 0 Å². The second kappa shape index (κ2) is 9.23. The molecule has 1 N–H and O–H groups in total. The van der Waals surface area contributed by atoms with E-state index in [1.54, 1.807) is 38.4 Å². The maximum absolute atomic E-state index is 12.3. The summed E-state index contributed by atoms with van der Waals surface area (Å²) >= 11 is 1.21. The summed E-state index contributed by atoms with van der Waals surface area (Å²) in [6.45, 7) is -0.495. The minimum Gasteiger partial charge on any atom is -0.452 e. The van der Waals surface area contributed by atoms with Crippen LogP contribution < -0.4 is 5.32 Å². The van der Waals surface area contributed by atoms with Gasteiger partial charge < -0.3 is 15.0 Å². The van der Waals surface area contributed by atoms with Gasteiger partial charge in [-0.15, -0.1) is 11.8 Å². The minimum absolute atomic E-state index is 0.0496. The van der Waals surface area contributed by atoms with Crippen molar-refractivity contribution >= 4 is 39.4 Å². The maximum Gasteiger partial charge on any atom is 0.339 e. The number of carbonyl (C=O) groups excluding carboxylic acids is 3. The van der Waals surface area contributed by atoms with Gasteiger partial charge in [0.2, 0.25) is 5.91 Å². The van der Waals surface area contributed by atoms with Crippen LogP contribution in [0.1, 0.15) is 16.8 Å². The molecule has 0 aliphatic carbocycles. The summed E-state index contributed by atoms with van der Waals surface area (Å²) in [6, 6.07) is 6.23. The van der Waals surface area contributed by atoms with Gasteiger partial charge in [-0.2, -0.15) is 0 Å². The Morgan fingerprint density at radius 2 is 1.96 bits per heavy atom. The van der Waals surface area contributed by atoms with Gasteiger partial charge in [0.05, 0.1) is 22.8 Å². The quantitative estimate of drug-likeness (QED) is 0.506. The van der Waals surface area contributed by atoms with Crippen molar-refractivity contribution in [2.75, 3.05) is 38.0 Å². The highest BCUT2D eigenvalue weighted by Gasteiger charge is 2.29. The SMILES string of the molecule is CN(C)C(=O)CSc1ccccc1C(=O)OCC(=O)N[C@H]1CCS(=O)(=O)C1. The summed E-state index contributed by atoms with van der Waals surface area (Å²) in [5.41, 5.74) is 0.269. The minimum atomic E-state index is -3.10. The van der Waals surface area contributed by atoms with E-state index in [1.807, 2.05) is 0 Å². The topological polar surface area (TPSA) is 110 Å². The van der Waals surface area contributed by atoms with E-state index in [4.69, 9.17) is 4.74 Å². The number of esters is 1. The highest BCUT2D eigenvalue weighted by atomic mass is 32.2. The van der Waals surface area contributed by atoms with Crippen LogP contribution in [0.3, 0.4) is 0 Å². The van der Waals surface area contributed by atoms with E-state index < -0.39 is 34.4 Å². The zero-order valence-electron chi connectivity index (χ0n) is 15.1. The Bertz CT molecular complexity index is 822. The number of carbonyl (C=O) groups is 3. The molecule has 1 atom stereocenters. The van der Waals surface area contributed by atoms with Gasteiger partial charge in [-0.1, -0.05) is 12.1 Å². The van der Waals surface area contributed by atoms with Crippen molar-refractivity contribution in [3.8, 4) is 0 Å². The number of sulfone groups is 1. The van der Waals surface area contributed by atoms with Crippen LogP contribution >= 0.6 is 11.8 Å². The molecule has 1 aliphatic heterocycles. The van der Waals surface area contributed by atoms with E-state index in [0.29, 0.717) is 11.3 Å². The summed E-state index contributed by atoms with van der Waals surface area (Å²) in [7, 11) is 0.203. The molecule has 0 bridgehead atoms. The number of thioether (sulfide) groups is 1. The zero-order chi connectivity index (χ0) is 20.0. The lowest BCUT2D eigenvalue weighted by Gasteiger charge is -2.13. The molecule has 2 rings (SSSR count).